The molecular formula is C11H8F3NO2. The largest absolute Gasteiger partial charge is 0.486 e. The van der Waals surface area contributed by atoms with Gasteiger partial charge in [0.05, 0.1) is 12.5 Å². The highest BCUT2D eigenvalue weighted by Crippen LogP contribution is 2.44. The normalized spacial score (nSPS) is 14.2. The molecule has 0 N–H and O–H groups in total. The van der Waals surface area contributed by atoms with Crippen molar-refractivity contribution in [1.29, 1.82) is 5.26 Å². The molecule has 0 saturated carbocycles. The van der Waals surface area contributed by atoms with Crippen LogP contribution < -0.4 is 9.47 Å². The maximum atomic E-state index is 12.7. The van der Waals surface area contributed by atoms with Gasteiger partial charge < -0.3 is 9.47 Å². The fraction of sp³-hybridized carbons (Fsp3) is 0.364. The van der Waals surface area contributed by atoms with Crippen LogP contribution in [0.4, 0.5) is 13.2 Å². The van der Waals surface area contributed by atoms with E-state index in [0.29, 0.717) is 5.56 Å². The number of hydrogen-bond acceptors (Lipinski definition) is 3. The lowest BCUT2D eigenvalue weighted by molar-refractivity contribution is -0.139. The molecule has 0 amide bonds. The lowest BCUT2D eigenvalue weighted by Gasteiger charge is -2.23. The third-order valence-corrected chi connectivity index (χ3v) is 2.34. The molecule has 17 heavy (non-hydrogen) atoms. The lowest BCUT2D eigenvalue weighted by Crippen LogP contribution is -2.20. The molecule has 1 aliphatic heterocycles. The summed E-state index contributed by atoms with van der Waals surface area (Å²) in [6.07, 6.45) is -4.50. The van der Waals surface area contributed by atoms with Gasteiger partial charge in [-0.15, -0.1) is 0 Å². The monoisotopic (exact) mass is 243 g/mol. The van der Waals surface area contributed by atoms with Crippen LogP contribution in [0.1, 0.15) is 11.1 Å². The van der Waals surface area contributed by atoms with E-state index < -0.39 is 11.7 Å². The van der Waals surface area contributed by atoms with Crippen molar-refractivity contribution in [2.45, 2.75) is 12.6 Å². The molecule has 1 aromatic carbocycles. The smallest absolute Gasteiger partial charge is 0.420 e. The highest BCUT2D eigenvalue weighted by molar-refractivity contribution is 5.54. The van der Waals surface area contributed by atoms with Gasteiger partial charge in [0.2, 0.25) is 0 Å². The molecule has 90 valence electrons. The summed E-state index contributed by atoms with van der Waals surface area (Å²) in [5.74, 6) is -0.274. The third-order valence-electron chi connectivity index (χ3n) is 2.34. The first-order valence-electron chi connectivity index (χ1n) is 4.89. The van der Waals surface area contributed by atoms with Gasteiger partial charge in [-0.1, -0.05) is 6.07 Å². The Morgan fingerprint density at radius 3 is 2.41 bits per heavy atom. The third kappa shape index (κ3) is 2.13. The number of nitrogens with zero attached hydrogens (tertiary/aromatic N) is 1. The molecule has 0 fully saturated rings. The van der Waals surface area contributed by atoms with Gasteiger partial charge >= 0.3 is 6.18 Å². The van der Waals surface area contributed by atoms with Gasteiger partial charge in [-0.2, -0.15) is 18.4 Å². The van der Waals surface area contributed by atoms with E-state index in [-0.39, 0.29) is 31.1 Å². The SMILES string of the molecule is N#CCc1ccc(C(F)(F)F)c2c1OCCO2. The predicted octanol–water partition coefficient (Wildman–Crippen LogP) is 2.54. The summed E-state index contributed by atoms with van der Waals surface area (Å²) in [6.45, 7) is 0.263. The summed E-state index contributed by atoms with van der Waals surface area (Å²) < 4.78 is 48.3. The highest BCUT2D eigenvalue weighted by atomic mass is 19.4. The standard InChI is InChI=1S/C11H8F3NO2/c12-11(13,14)8-2-1-7(3-4-15)9-10(8)17-6-5-16-9/h1-2H,3,5-6H2. The van der Waals surface area contributed by atoms with Crippen LogP contribution in [0.2, 0.25) is 0 Å². The molecule has 3 nitrogen and oxygen atoms in total. The Morgan fingerprint density at radius 1 is 1.18 bits per heavy atom. The van der Waals surface area contributed by atoms with E-state index in [2.05, 4.69) is 0 Å². The zero-order chi connectivity index (χ0) is 12.5. The Labute approximate surface area is 95.4 Å². The van der Waals surface area contributed by atoms with Gasteiger partial charge in [-0.05, 0) is 6.07 Å². The minimum Gasteiger partial charge on any atom is -0.486 e. The fourth-order valence-electron chi connectivity index (χ4n) is 1.64. The summed E-state index contributed by atoms with van der Waals surface area (Å²) >= 11 is 0. The van der Waals surface area contributed by atoms with Crippen molar-refractivity contribution in [3.63, 3.8) is 0 Å². The summed E-state index contributed by atoms with van der Waals surface area (Å²) in [7, 11) is 0. The molecular weight excluding hydrogens is 235 g/mol. The number of alkyl halides is 3. The lowest BCUT2D eigenvalue weighted by atomic mass is 10.1. The van der Waals surface area contributed by atoms with Crippen LogP contribution in [0.15, 0.2) is 12.1 Å². The Hall–Kier alpha value is -1.90. The van der Waals surface area contributed by atoms with Crippen molar-refractivity contribution in [1.82, 2.24) is 0 Å². The van der Waals surface area contributed by atoms with Gasteiger partial charge in [-0.3, -0.25) is 0 Å². The second-order valence-electron chi connectivity index (χ2n) is 3.46. The molecule has 0 radical (unpaired) electrons. The van der Waals surface area contributed by atoms with Crippen molar-refractivity contribution < 1.29 is 22.6 Å². The van der Waals surface area contributed by atoms with E-state index in [9.17, 15) is 13.2 Å². The van der Waals surface area contributed by atoms with Crippen molar-refractivity contribution in [2.75, 3.05) is 13.2 Å². The van der Waals surface area contributed by atoms with E-state index in [1.54, 1.807) is 0 Å². The molecule has 1 heterocycles. The van der Waals surface area contributed by atoms with Crippen LogP contribution in [-0.4, -0.2) is 13.2 Å². The quantitative estimate of drug-likeness (QED) is 0.761. The number of fused-ring (bicyclic) bond motifs is 1. The van der Waals surface area contributed by atoms with E-state index >= 15 is 0 Å². The fourth-order valence-corrected chi connectivity index (χ4v) is 1.64. The van der Waals surface area contributed by atoms with Crippen molar-refractivity contribution >= 4 is 0 Å². The van der Waals surface area contributed by atoms with Crippen LogP contribution in [0.25, 0.3) is 0 Å². The average molecular weight is 243 g/mol. The number of halogens is 3. The van der Waals surface area contributed by atoms with Gasteiger partial charge in [0.15, 0.2) is 11.5 Å². The molecule has 0 aliphatic carbocycles. The summed E-state index contributed by atoms with van der Waals surface area (Å²) in [5, 5.41) is 8.58. The Balaban J connectivity index is 2.56. The molecule has 1 aliphatic rings. The zero-order valence-corrected chi connectivity index (χ0v) is 8.67. The average Bonchev–Trinajstić information content (AvgIpc) is 2.28. The molecule has 0 atom stereocenters. The zero-order valence-electron chi connectivity index (χ0n) is 8.67. The minimum atomic E-state index is -4.49. The Kier molecular flexibility index (Phi) is 2.84. The first-order valence-corrected chi connectivity index (χ1v) is 4.89. The van der Waals surface area contributed by atoms with Crippen molar-refractivity contribution in [2.24, 2.45) is 0 Å². The van der Waals surface area contributed by atoms with Crippen LogP contribution >= 0.6 is 0 Å². The van der Waals surface area contributed by atoms with Gasteiger partial charge in [-0.25, -0.2) is 0 Å². The first kappa shape index (κ1) is 11.6. The van der Waals surface area contributed by atoms with Crippen LogP contribution in [-0.2, 0) is 12.6 Å². The van der Waals surface area contributed by atoms with E-state index in [0.717, 1.165) is 6.07 Å². The van der Waals surface area contributed by atoms with Crippen LogP contribution in [0.5, 0.6) is 11.5 Å². The molecule has 0 bridgehead atoms. The molecule has 0 saturated heterocycles. The number of ether oxygens (including phenoxy) is 2. The van der Waals surface area contributed by atoms with Crippen LogP contribution in [0, 0.1) is 11.3 Å². The maximum absolute atomic E-state index is 12.7. The van der Waals surface area contributed by atoms with E-state index in [4.69, 9.17) is 14.7 Å². The van der Waals surface area contributed by atoms with Gasteiger partial charge in [0.1, 0.15) is 18.8 Å². The second kappa shape index (κ2) is 4.17. The molecule has 0 aromatic heterocycles. The Bertz CT molecular complexity index is 477. The molecule has 0 unspecified atom stereocenters. The van der Waals surface area contributed by atoms with Gasteiger partial charge in [0, 0.05) is 5.56 Å². The van der Waals surface area contributed by atoms with Crippen molar-refractivity contribution in [3.8, 4) is 17.6 Å². The second-order valence-corrected chi connectivity index (χ2v) is 3.46. The summed E-state index contributed by atoms with van der Waals surface area (Å²) in [5.41, 5.74) is -0.455. The number of nitriles is 1. The molecule has 0 spiro atoms. The number of rotatable bonds is 1. The topological polar surface area (TPSA) is 42.2 Å². The highest BCUT2D eigenvalue weighted by Gasteiger charge is 2.37. The first-order chi connectivity index (χ1) is 8.04. The van der Waals surface area contributed by atoms with Gasteiger partial charge in [0.25, 0.3) is 0 Å². The molecule has 6 heteroatoms. The number of hydrogen-bond donors (Lipinski definition) is 0. The maximum Gasteiger partial charge on any atom is 0.420 e. The summed E-state index contributed by atoms with van der Waals surface area (Å²) in [6, 6.07) is 4.04. The van der Waals surface area contributed by atoms with Crippen LogP contribution in [0.3, 0.4) is 0 Å². The number of benzene rings is 1. The molecule has 1 aromatic rings. The minimum absolute atomic E-state index is 0.0101. The molecule has 2 rings (SSSR count). The van der Waals surface area contributed by atoms with E-state index in [1.165, 1.54) is 6.07 Å². The van der Waals surface area contributed by atoms with Crippen molar-refractivity contribution in [3.05, 3.63) is 23.3 Å². The summed E-state index contributed by atoms with van der Waals surface area (Å²) in [4.78, 5) is 0. The Morgan fingerprint density at radius 2 is 1.82 bits per heavy atom. The predicted molar refractivity (Wildman–Crippen MR) is 51.8 cm³/mol. The van der Waals surface area contributed by atoms with E-state index in [1.807, 2.05) is 6.07 Å².